The van der Waals surface area contributed by atoms with Crippen LogP contribution in [0.2, 0.25) is 0 Å². The van der Waals surface area contributed by atoms with Gasteiger partial charge in [0.1, 0.15) is 0 Å². The molecule has 3 aliphatic rings. The molecule has 0 aromatic heterocycles. The molecule has 2 nitrogen and oxygen atoms in total. The molecular weight excluding hydrogens is 308 g/mol. The summed E-state index contributed by atoms with van der Waals surface area (Å²) in [5, 5.41) is 10.4. The van der Waals surface area contributed by atoms with Crippen LogP contribution in [0.15, 0.2) is 6.07 Å². The molecule has 138 valence electrons. The lowest BCUT2D eigenvalue weighted by atomic mass is 9.43. The summed E-state index contributed by atoms with van der Waals surface area (Å²) in [4.78, 5) is 0. The number of hydrogen-bond acceptors (Lipinski definition) is 2. The highest BCUT2D eigenvalue weighted by Gasteiger charge is 2.61. The standard InChI is InChI=1S/C23H34O2/c1-14-12-16(24)20(25-6)15-13-18-22(4)10-7-9-21(2,3)17(22)8-11-23(18,5)19(14)15/h12,17-18,24H,7-11,13H2,1-6H3/t17-,18+,22-,23-/m0/s1. The van der Waals surface area contributed by atoms with Gasteiger partial charge < -0.3 is 9.84 Å². The first-order valence-electron chi connectivity index (χ1n) is 10.0. The highest BCUT2D eigenvalue weighted by Crippen LogP contribution is 2.68. The van der Waals surface area contributed by atoms with E-state index in [1.165, 1.54) is 48.8 Å². The van der Waals surface area contributed by atoms with Crippen molar-refractivity contribution in [2.24, 2.45) is 22.7 Å². The van der Waals surface area contributed by atoms with Crippen LogP contribution in [-0.2, 0) is 11.8 Å². The van der Waals surface area contributed by atoms with Crippen LogP contribution in [0.5, 0.6) is 11.5 Å². The number of ether oxygens (including phenoxy) is 1. The Labute approximate surface area is 153 Å². The Morgan fingerprint density at radius 3 is 2.48 bits per heavy atom. The Bertz CT molecular complexity index is 719. The van der Waals surface area contributed by atoms with Gasteiger partial charge in [0.05, 0.1) is 7.11 Å². The second-order valence-corrected chi connectivity index (χ2v) is 10.2. The first kappa shape index (κ1) is 17.2. The zero-order valence-electron chi connectivity index (χ0n) is 16.8. The molecular formula is C23H34O2. The second kappa shape index (κ2) is 5.18. The molecule has 2 saturated carbocycles. The molecule has 2 fully saturated rings. The molecule has 0 unspecified atom stereocenters. The molecule has 2 heteroatoms. The number of hydrogen-bond donors (Lipinski definition) is 1. The largest absolute Gasteiger partial charge is 0.504 e. The highest BCUT2D eigenvalue weighted by molar-refractivity contribution is 5.59. The van der Waals surface area contributed by atoms with E-state index in [0.717, 1.165) is 18.1 Å². The van der Waals surface area contributed by atoms with E-state index in [2.05, 4.69) is 34.6 Å². The van der Waals surface area contributed by atoms with Crippen molar-refractivity contribution in [1.29, 1.82) is 0 Å². The molecule has 0 spiro atoms. The van der Waals surface area contributed by atoms with Gasteiger partial charge in [0, 0.05) is 5.56 Å². The number of methoxy groups -OCH3 is 1. The number of benzene rings is 1. The minimum Gasteiger partial charge on any atom is -0.504 e. The van der Waals surface area contributed by atoms with E-state index in [4.69, 9.17) is 4.74 Å². The number of phenols is 1. The van der Waals surface area contributed by atoms with Gasteiger partial charge in [-0.15, -0.1) is 0 Å². The van der Waals surface area contributed by atoms with E-state index in [-0.39, 0.29) is 5.41 Å². The molecule has 0 bridgehead atoms. The van der Waals surface area contributed by atoms with Crippen LogP contribution in [0.1, 0.15) is 76.5 Å². The monoisotopic (exact) mass is 342 g/mol. The predicted octanol–water partition coefficient (Wildman–Crippen LogP) is 5.77. The molecule has 0 aliphatic heterocycles. The lowest BCUT2D eigenvalue weighted by Gasteiger charge is -2.61. The fourth-order valence-electron chi connectivity index (χ4n) is 7.68. The maximum absolute atomic E-state index is 10.4. The first-order valence-corrected chi connectivity index (χ1v) is 10.0. The fraction of sp³-hybridized carbons (Fsp3) is 0.739. The van der Waals surface area contributed by atoms with Gasteiger partial charge in [-0.2, -0.15) is 0 Å². The van der Waals surface area contributed by atoms with Crippen LogP contribution in [0, 0.1) is 29.6 Å². The summed E-state index contributed by atoms with van der Waals surface area (Å²) in [6, 6.07) is 1.92. The van der Waals surface area contributed by atoms with E-state index in [9.17, 15) is 5.11 Å². The van der Waals surface area contributed by atoms with Crippen LogP contribution < -0.4 is 4.74 Å². The average Bonchev–Trinajstić information content (AvgIpc) is 2.81. The Kier molecular flexibility index (Phi) is 3.57. The summed E-state index contributed by atoms with van der Waals surface area (Å²) < 4.78 is 5.65. The third kappa shape index (κ3) is 2.09. The molecule has 0 radical (unpaired) electrons. The Morgan fingerprint density at radius 1 is 1.08 bits per heavy atom. The number of fused-ring (bicyclic) bond motifs is 5. The van der Waals surface area contributed by atoms with Crippen molar-refractivity contribution >= 4 is 0 Å². The van der Waals surface area contributed by atoms with Crippen LogP contribution in [0.3, 0.4) is 0 Å². The van der Waals surface area contributed by atoms with Crippen molar-refractivity contribution in [2.75, 3.05) is 7.11 Å². The summed E-state index contributed by atoms with van der Waals surface area (Å²) in [5.41, 5.74) is 5.08. The van der Waals surface area contributed by atoms with Crippen LogP contribution >= 0.6 is 0 Å². The zero-order valence-corrected chi connectivity index (χ0v) is 16.8. The van der Waals surface area contributed by atoms with Crippen molar-refractivity contribution in [2.45, 2.75) is 78.6 Å². The molecule has 3 aliphatic carbocycles. The predicted molar refractivity (Wildman–Crippen MR) is 102 cm³/mol. The summed E-state index contributed by atoms with van der Waals surface area (Å²) in [5.74, 6) is 2.50. The third-order valence-electron chi connectivity index (χ3n) is 8.53. The van der Waals surface area contributed by atoms with Crippen LogP contribution in [0.4, 0.5) is 0 Å². The van der Waals surface area contributed by atoms with Gasteiger partial charge in [-0.1, -0.05) is 34.1 Å². The third-order valence-corrected chi connectivity index (χ3v) is 8.53. The zero-order chi connectivity index (χ0) is 18.2. The van der Waals surface area contributed by atoms with E-state index in [0.29, 0.717) is 22.5 Å². The second-order valence-electron chi connectivity index (χ2n) is 10.2. The van der Waals surface area contributed by atoms with Crippen molar-refractivity contribution in [3.05, 3.63) is 22.8 Å². The highest BCUT2D eigenvalue weighted by atomic mass is 16.5. The molecule has 0 amide bonds. The minimum atomic E-state index is 0.221. The maximum atomic E-state index is 10.4. The Morgan fingerprint density at radius 2 is 1.80 bits per heavy atom. The molecule has 0 saturated heterocycles. The lowest BCUT2D eigenvalue weighted by Crippen LogP contribution is -2.55. The van der Waals surface area contributed by atoms with E-state index in [1.54, 1.807) is 7.11 Å². The summed E-state index contributed by atoms with van der Waals surface area (Å²) in [7, 11) is 1.70. The summed E-state index contributed by atoms with van der Waals surface area (Å²) >= 11 is 0. The normalized spacial score (nSPS) is 38.6. The fourth-order valence-corrected chi connectivity index (χ4v) is 7.68. The SMILES string of the molecule is COc1c(O)cc(C)c2c1C[C@@H]1[C@@]3(C)CCCC(C)(C)[C@@H]3CC[C@]21C. The molecule has 4 atom stereocenters. The molecule has 25 heavy (non-hydrogen) atoms. The van der Waals surface area contributed by atoms with Gasteiger partial charge in [-0.05, 0) is 84.3 Å². The van der Waals surface area contributed by atoms with E-state index in [1.807, 2.05) is 6.07 Å². The number of aryl methyl sites for hydroxylation is 1. The average molecular weight is 343 g/mol. The molecule has 1 aromatic rings. The summed E-state index contributed by atoms with van der Waals surface area (Å²) in [6.07, 6.45) is 7.73. The van der Waals surface area contributed by atoms with Crippen molar-refractivity contribution in [3.63, 3.8) is 0 Å². The minimum absolute atomic E-state index is 0.221. The van der Waals surface area contributed by atoms with Gasteiger partial charge in [0.2, 0.25) is 0 Å². The van der Waals surface area contributed by atoms with Crippen molar-refractivity contribution in [3.8, 4) is 11.5 Å². The van der Waals surface area contributed by atoms with Crippen LogP contribution in [-0.4, -0.2) is 12.2 Å². The molecule has 1 aromatic carbocycles. The van der Waals surface area contributed by atoms with E-state index >= 15 is 0 Å². The van der Waals surface area contributed by atoms with Crippen molar-refractivity contribution in [1.82, 2.24) is 0 Å². The van der Waals surface area contributed by atoms with Gasteiger partial charge in [0.25, 0.3) is 0 Å². The lowest BCUT2D eigenvalue weighted by molar-refractivity contribution is -0.0983. The Hall–Kier alpha value is -1.18. The van der Waals surface area contributed by atoms with Gasteiger partial charge in [-0.25, -0.2) is 0 Å². The van der Waals surface area contributed by atoms with Crippen LogP contribution in [0.25, 0.3) is 0 Å². The summed E-state index contributed by atoms with van der Waals surface area (Å²) in [6.45, 7) is 12.2. The maximum Gasteiger partial charge on any atom is 0.163 e. The van der Waals surface area contributed by atoms with E-state index < -0.39 is 0 Å². The topological polar surface area (TPSA) is 29.5 Å². The number of rotatable bonds is 1. The molecule has 4 rings (SSSR count). The quantitative estimate of drug-likeness (QED) is 0.702. The van der Waals surface area contributed by atoms with Gasteiger partial charge >= 0.3 is 0 Å². The van der Waals surface area contributed by atoms with Crippen molar-refractivity contribution < 1.29 is 9.84 Å². The smallest absolute Gasteiger partial charge is 0.163 e. The first-order chi connectivity index (χ1) is 11.6. The number of phenolic OH excluding ortho intramolecular Hbond substituents is 1. The molecule has 0 heterocycles. The molecule has 1 N–H and O–H groups in total. The number of aromatic hydroxyl groups is 1. The van der Waals surface area contributed by atoms with Gasteiger partial charge in [0.15, 0.2) is 11.5 Å². The van der Waals surface area contributed by atoms with Gasteiger partial charge in [-0.3, -0.25) is 0 Å². The Balaban J connectivity index is 1.88.